The van der Waals surface area contributed by atoms with Crippen molar-refractivity contribution in [2.45, 2.75) is 212 Å². The Hall–Kier alpha value is -1.63. The smallest absolute Gasteiger partial charge is 0.330 e. The third-order valence-corrected chi connectivity index (χ3v) is 14.4. The van der Waals surface area contributed by atoms with Crippen LogP contribution in [-0.4, -0.2) is 242 Å². The zero-order valence-corrected chi connectivity index (χ0v) is 36.0. The van der Waals surface area contributed by atoms with E-state index in [9.17, 15) is 76.3 Å². The van der Waals surface area contributed by atoms with Gasteiger partial charge in [0.05, 0.1) is 49.1 Å². The van der Waals surface area contributed by atoms with E-state index in [1.54, 1.807) is 6.08 Å². The molecule has 0 amide bonds. The Morgan fingerprint density at radius 3 is 1.74 bits per heavy atom. The molecular weight excluding hydrogens is 872 g/mol. The van der Waals surface area contributed by atoms with E-state index < -0.39 is 172 Å². The molecule has 0 aromatic carbocycles. The Balaban J connectivity index is 1.05. The summed E-state index contributed by atoms with van der Waals surface area (Å²) in [4.78, 5) is 12.6. The zero-order valence-electron chi connectivity index (χ0n) is 36.0. The van der Waals surface area contributed by atoms with Crippen LogP contribution < -0.4 is 0 Å². The van der Waals surface area contributed by atoms with Gasteiger partial charge in [-0.2, -0.15) is 0 Å². The number of aliphatic hydroxyl groups is 16. The molecule has 65 heavy (non-hydrogen) atoms. The van der Waals surface area contributed by atoms with Crippen LogP contribution in [0.15, 0.2) is 12.2 Å². The molecule has 0 aromatic heterocycles. The van der Waals surface area contributed by atoms with E-state index in [0.717, 1.165) is 0 Å². The van der Waals surface area contributed by atoms with Crippen LogP contribution in [0.2, 0.25) is 0 Å². The van der Waals surface area contributed by atoms with Crippen LogP contribution in [0.25, 0.3) is 0 Å². The van der Waals surface area contributed by atoms with Crippen LogP contribution in [0.1, 0.15) is 64.7 Å². The average molecular weight is 942 g/mol. The fourth-order valence-electron chi connectivity index (χ4n) is 10.4. The molecule has 3 aliphatic carbocycles. The molecule has 7 fully saturated rings. The van der Waals surface area contributed by atoms with Crippen molar-refractivity contribution in [3.63, 3.8) is 0 Å². The van der Waals surface area contributed by atoms with Crippen LogP contribution in [0.4, 0.5) is 0 Å². The van der Waals surface area contributed by atoms with Gasteiger partial charge >= 0.3 is 5.97 Å². The fraction of sp³-hybridized carbons (Fsp3) is 0.929. The number of allylic oxidation sites excluding steroid dienone is 1. The number of rotatable bonds is 12. The molecule has 0 bridgehead atoms. The number of aliphatic hydroxyl groups excluding tert-OH is 14. The second kappa shape index (κ2) is 22.0. The molecule has 4 saturated heterocycles. The molecule has 8 unspecified atom stereocenters. The number of hydrogen-bond donors (Lipinski definition) is 14. The topological polar surface area (TPSA) is 378 Å². The van der Waals surface area contributed by atoms with Crippen molar-refractivity contribution in [1.29, 1.82) is 0 Å². The molecule has 0 spiro atoms. The highest BCUT2D eigenvalue weighted by atomic mass is 16.7. The Labute approximate surface area is 374 Å². The highest BCUT2D eigenvalue weighted by molar-refractivity contribution is 5.81. The first kappa shape index (κ1) is 51.2. The van der Waals surface area contributed by atoms with Gasteiger partial charge in [0.15, 0.2) is 31.1 Å². The summed E-state index contributed by atoms with van der Waals surface area (Å²) in [6.45, 7) is 0.355. The molecular formula is C42H69O23+. The summed E-state index contributed by atoms with van der Waals surface area (Å²) in [5, 5.41) is 149. The fourth-order valence-corrected chi connectivity index (χ4v) is 10.4. The van der Waals surface area contributed by atoms with Crippen molar-refractivity contribution >= 4 is 5.97 Å². The lowest BCUT2D eigenvalue weighted by Gasteiger charge is -2.50. The SMILES string of the molecule is C[C@@H]1O[C@@H](OC[C@H]2O[C@@H](OC3CC4C(O[C@@H]5O[C@H](COC(=O)C=CC6CCC(O)CC6)[C@@H](O)[C@H](O)[C@H]5O)CC(O)CC4[OH+]C3C3CC(O)C(O)C(O)C3)[C@H](O)[C@@H](O)[C@H]2O)[C@H](O)[C@H](O)[C@H]1O. The predicted octanol–water partition coefficient (Wildman–Crippen LogP) is -6.20. The lowest BCUT2D eigenvalue weighted by atomic mass is 9.72. The van der Waals surface area contributed by atoms with Crippen LogP contribution in [0.5, 0.6) is 0 Å². The second-order valence-corrected chi connectivity index (χ2v) is 19.0. The van der Waals surface area contributed by atoms with Gasteiger partial charge in [0, 0.05) is 24.8 Å². The standard InChI is InChI=1S/C42H68O23/c1-15-29(48)33(52)36(55)40(60-15)59-14-27-32(51)35(54)38(57)42(65-27)63-25-12-20-23(61-39(25)17-8-21(45)30(49)22(46)9-17)10-19(44)11-24(20)62-41-37(56)34(53)31(50)26(64-41)13-58-28(47)7-4-16-2-5-18(43)6-3-16/h4,7,15-27,29-46,48-57H,2-3,5-6,8-14H2,1H3/p+1/t15-,16?,17?,18?,19?,20?,21?,22?,23?,24?,25?,26+,27+,29-,30?,31+,32-,33+,34-,35-,36+,37+,38+,39?,40+,41+,42+/m0/s1. The van der Waals surface area contributed by atoms with Crippen LogP contribution in [0.3, 0.4) is 0 Å². The summed E-state index contributed by atoms with van der Waals surface area (Å²) >= 11 is 0. The summed E-state index contributed by atoms with van der Waals surface area (Å²) < 4.78 is 46.0. The largest absolute Gasteiger partial charge is 0.460 e. The molecule has 374 valence electrons. The van der Waals surface area contributed by atoms with E-state index in [0.29, 0.717) is 25.7 Å². The Morgan fingerprint density at radius 1 is 0.569 bits per heavy atom. The minimum absolute atomic E-state index is 0.0232. The first-order chi connectivity index (χ1) is 30.8. The molecule has 23 nitrogen and oxygen atoms in total. The number of fused-ring (bicyclic) bond motifs is 1. The highest BCUT2D eigenvalue weighted by Gasteiger charge is 2.57. The van der Waals surface area contributed by atoms with Crippen molar-refractivity contribution < 1.29 is 114 Å². The van der Waals surface area contributed by atoms with Crippen molar-refractivity contribution in [2.24, 2.45) is 17.8 Å². The molecule has 7 rings (SSSR count). The average Bonchev–Trinajstić information content (AvgIpc) is 3.27. The van der Waals surface area contributed by atoms with Crippen LogP contribution in [0, 0.1) is 17.8 Å². The molecule has 15 N–H and O–H groups in total. The van der Waals surface area contributed by atoms with Gasteiger partial charge in [0.25, 0.3) is 0 Å². The molecule has 23 heteroatoms. The summed E-state index contributed by atoms with van der Waals surface area (Å²) in [7, 11) is 0. The van der Waals surface area contributed by atoms with Gasteiger partial charge in [-0.15, -0.1) is 0 Å². The molecule has 0 radical (unpaired) electrons. The first-order valence-electron chi connectivity index (χ1n) is 22.8. The van der Waals surface area contributed by atoms with Gasteiger partial charge in [-0.1, -0.05) is 6.08 Å². The Morgan fingerprint density at radius 2 is 1.12 bits per heavy atom. The number of carbonyl (C=O) groups is 1. The number of carbonyl (C=O) groups excluding carboxylic acids is 1. The number of hydrogen-bond acceptors (Lipinski definition) is 22. The van der Waals surface area contributed by atoms with E-state index >= 15 is 0 Å². The van der Waals surface area contributed by atoms with E-state index in [2.05, 4.69) is 0 Å². The monoisotopic (exact) mass is 941 g/mol. The van der Waals surface area contributed by atoms with Gasteiger partial charge in [-0.3, -0.25) is 0 Å². The van der Waals surface area contributed by atoms with Gasteiger partial charge < -0.3 is 109 Å². The van der Waals surface area contributed by atoms with E-state index in [-0.39, 0.29) is 44.1 Å². The van der Waals surface area contributed by atoms with Gasteiger partial charge in [0.2, 0.25) is 0 Å². The summed E-state index contributed by atoms with van der Waals surface area (Å²) in [6.07, 6.45) is -27.5. The molecule has 23 atom stereocenters. The zero-order chi connectivity index (χ0) is 47.0. The quantitative estimate of drug-likeness (QED) is 0.0492. The highest BCUT2D eigenvalue weighted by Crippen LogP contribution is 2.44. The second-order valence-electron chi connectivity index (χ2n) is 19.0. The van der Waals surface area contributed by atoms with E-state index in [4.69, 9.17) is 37.9 Å². The minimum Gasteiger partial charge on any atom is -0.460 e. The lowest BCUT2D eigenvalue weighted by Crippen LogP contribution is -2.64. The van der Waals surface area contributed by atoms with E-state index in [1.165, 1.54) is 13.0 Å². The maximum absolute atomic E-state index is 12.6. The molecule has 0 aromatic rings. The van der Waals surface area contributed by atoms with Crippen molar-refractivity contribution in [3.8, 4) is 0 Å². The van der Waals surface area contributed by atoms with Gasteiger partial charge in [-0.05, 0) is 57.8 Å². The molecule has 7 aliphatic rings. The third-order valence-electron chi connectivity index (χ3n) is 14.4. The maximum atomic E-state index is 12.6. The van der Waals surface area contributed by atoms with Gasteiger partial charge in [0.1, 0.15) is 86.0 Å². The molecule has 4 aliphatic heterocycles. The number of esters is 1. The third kappa shape index (κ3) is 11.7. The van der Waals surface area contributed by atoms with Crippen molar-refractivity contribution in [3.05, 3.63) is 12.2 Å². The Kier molecular flexibility index (Phi) is 17.3. The first-order valence-corrected chi connectivity index (χ1v) is 22.8. The van der Waals surface area contributed by atoms with E-state index in [1.807, 2.05) is 0 Å². The normalized spacial score (nSPS) is 52.2. The lowest BCUT2D eigenvalue weighted by molar-refractivity contribution is -0.371. The van der Waals surface area contributed by atoms with Crippen molar-refractivity contribution in [2.75, 3.05) is 13.2 Å². The van der Waals surface area contributed by atoms with Crippen LogP contribution in [-0.2, 0) is 38.0 Å². The van der Waals surface area contributed by atoms with Gasteiger partial charge in [-0.25, -0.2) is 4.79 Å². The summed E-state index contributed by atoms with van der Waals surface area (Å²) in [6, 6.07) is 0. The summed E-state index contributed by atoms with van der Waals surface area (Å²) in [5.74, 6) is -1.93. The summed E-state index contributed by atoms with van der Waals surface area (Å²) in [5.41, 5.74) is 0. The molecule has 3 saturated carbocycles. The predicted molar refractivity (Wildman–Crippen MR) is 213 cm³/mol. The minimum atomic E-state index is -1.87. The van der Waals surface area contributed by atoms with Crippen LogP contribution >= 0.6 is 0 Å². The molecule has 4 heterocycles. The Bertz CT molecular complexity index is 1540. The maximum Gasteiger partial charge on any atom is 0.330 e. The van der Waals surface area contributed by atoms with Crippen molar-refractivity contribution in [1.82, 2.24) is 0 Å². The number of ether oxygens (including phenoxy) is 8.